The third kappa shape index (κ3) is 3.02. The molecule has 0 aliphatic carbocycles. The first-order valence-corrected chi connectivity index (χ1v) is 7.96. The topological polar surface area (TPSA) is 37.8 Å². The number of anilines is 1. The zero-order valence-corrected chi connectivity index (χ0v) is 13.4. The van der Waals surface area contributed by atoms with Crippen molar-refractivity contribution in [3.8, 4) is 11.3 Å². The summed E-state index contributed by atoms with van der Waals surface area (Å²) in [5.74, 6) is 0.371. The van der Waals surface area contributed by atoms with Crippen molar-refractivity contribution in [3.05, 3.63) is 54.0 Å². The molecule has 23 heavy (non-hydrogen) atoms. The average Bonchev–Trinajstić information content (AvgIpc) is 2.60. The highest BCUT2D eigenvalue weighted by Crippen LogP contribution is 2.32. The van der Waals surface area contributed by atoms with Crippen molar-refractivity contribution in [2.45, 2.75) is 26.2 Å². The predicted molar refractivity (Wildman–Crippen MR) is 93.1 cm³/mol. The van der Waals surface area contributed by atoms with Crippen LogP contribution in [0.3, 0.4) is 0 Å². The number of hydrogen-bond donors (Lipinski definition) is 1. The molecule has 3 nitrogen and oxygen atoms in total. The number of fused-ring (bicyclic) bond motifs is 1. The van der Waals surface area contributed by atoms with E-state index in [0.717, 1.165) is 41.5 Å². The monoisotopic (exact) mass is 309 g/mol. The smallest absolute Gasteiger partial charge is 0.222 e. The van der Waals surface area contributed by atoms with Crippen LogP contribution in [0, 0.1) is 5.82 Å². The van der Waals surface area contributed by atoms with Crippen LogP contribution in [0.25, 0.3) is 22.0 Å². The van der Waals surface area contributed by atoms with E-state index in [1.54, 1.807) is 13.1 Å². The van der Waals surface area contributed by atoms with Crippen molar-refractivity contribution in [1.29, 1.82) is 0 Å². The van der Waals surface area contributed by atoms with E-state index in [2.05, 4.69) is 22.2 Å². The second-order valence-electron chi connectivity index (χ2n) is 5.56. The summed E-state index contributed by atoms with van der Waals surface area (Å²) < 4.78 is 14.1. The van der Waals surface area contributed by atoms with Crippen molar-refractivity contribution in [1.82, 2.24) is 9.97 Å². The van der Waals surface area contributed by atoms with Crippen LogP contribution >= 0.6 is 0 Å². The van der Waals surface area contributed by atoms with E-state index in [1.807, 2.05) is 30.5 Å². The highest BCUT2D eigenvalue weighted by Gasteiger charge is 2.13. The summed E-state index contributed by atoms with van der Waals surface area (Å²) in [6, 6.07) is 10.9. The molecule has 0 saturated carbocycles. The Bertz CT molecular complexity index is 830. The second kappa shape index (κ2) is 6.73. The number of unbranched alkanes of at least 4 members (excludes halogenated alkanes) is 1. The molecule has 4 heteroatoms. The van der Waals surface area contributed by atoms with E-state index in [0.29, 0.717) is 11.3 Å². The van der Waals surface area contributed by atoms with Crippen LogP contribution in [0.1, 0.15) is 25.3 Å². The van der Waals surface area contributed by atoms with Crippen molar-refractivity contribution < 1.29 is 4.39 Å². The minimum absolute atomic E-state index is 0.206. The molecule has 0 fully saturated rings. The zero-order chi connectivity index (χ0) is 16.2. The Hall–Kier alpha value is -2.49. The number of rotatable bonds is 5. The van der Waals surface area contributed by atoms with Gasteiger partial charge in [-0.1, -0.05) is 37.6 Å². The van der Waals surface area contributed by atoms with E-state index in [-0.39, 0.29) is 5.82 Å². The van der Waals surface area contributed by atoms with E-state index >= 15 is 0 Å². The van der Waals surface area contributed by atoms with Gasteiger partial charge in [0.15, 0.2) is 0 Å². The number of nitrogens with zero attached hydrogens (tertiary/aromatic N) is 2. The van der Waals surface area contributed by atoms with Gasteiger partial charge in [-0.05, 0) is 35.9 Å². The lowest BCUT2D eigenvalue weighted by Crippen LogP contribution is -2.02. The van der Waals surface area contributed by atoms with E-state index < -0.39 is 0 Å². The Labute approximate surface area is 135 Å². The molecule has 0 bridgehead atoms. The molecule has 1 N–H and O–H groups in total. The van der Waals surface area contributed by atoms with Gasteiger partial charge in [0.25, 0.3) is 0 Å². The van der Waals surface area contributed by atoms with Crippen LogP contribution in [-0.4, -0.2) is 17.0 Å². The van der Waals surface area contributed by atoms with E-state index in [1.165, 1.54) is 6.07 Å². The molecule has 0 aliphatic heterocycles. The largest absolute Gasteiger partial charge is 0.357 e. The highest BCUT2D eigenvalue weighted by molar-refractivity contribution is 5.96. The summed E-state index contributed by atoms with van der Waals surface area (Å²) in [4.78, 5) is 8.99. The maximum atomic E-state index is 14.1. The van der Waals surface area contributed by atoms with Gasteiger partial charge in [-0.15, -0.1) is 0 Å². The quantitative estimate of drug-likeness (QED) is 0.734. The first-order valence-electron chi connectivity index (χ1n) is 7.96. The minimum Gasteiger partial charge on any atom is -0.357 e. The lowest BCUT2D eigenvalue weighted by molar-refractivity contribution is 0.640. The van der Waals surface area contributed by atoms with Crippen LogP contribution in [0.2, 0.25) is 0 Å². The Morgan fingerprint density at radius 3 is 2.61 bits per heavy atom. The predicted octanol–water partition coefficient (Wildman–Crippen LogP) is 4.82. The molecule has 0 atom stereocenters. The molecule has 3 rings (SSSR count). The van der Waals surface area contributed by atoms with Gasteiger partial charge in [-0.2, -0.15) is 0 Å². The van der Waals surface area contributed by atoms with Gasteiger partial charge >= 0.3 is 0 Å². The maximum absolute atomic E-state index is 14.1. The van der Waals surface area contributed by atoms with Crippen LogP contribution in [0.15, 0.2) is 42.6 Å². The molecule has 3 aromatic rings. The summed E-state index contributed by atoms with van der Waals surface area (Å²) in [5.41, 5.74) is 2.93. The molecule has 118 valence electrons. The third-order valence-corrected chi connectivity index (χ3v) is 4.01. The first kappa shape index (κ1) is 15.4. The molecule has 0 unspecified atom stereocenters. The summed E-state index contributed by atoms with van der Waals surface area (Å²) >= 11 is 0. The van der Waals surface area contributed by atoms with E-state index in [9.17, 15) is 4.39 Å². The minimum atomic E-state index is -0.206. The highest BCUT2D eigenvalue weighted by atomic mass is 19.1. The Balaban J connectivity index is 2.23. The fourth-order valence-corrected chi connectivity index (χ4v) is 2.78. The van der Waals surface area contributed by atoms with Gasteiger partial charge in [0.05, 0.1) is 5.69 Å². The second-order valence-corrected chi connectivity index (χ2v) is 5.56. The van der Waals surface area contributed by atoms with Crippen LogP contribution in [-0.2, 0) is 6.42 Å². The molecule has 0 amide bonds. The molecular formula is C19H20FN3. The number of benzene rings is 2. The Morgan fingerprint density at radius 2 is 1.87 bits per heavy atom. The fraction of sp³-hybridized carbons (Fsp3) is 0.263. The molecule has 0 aliphatic rings. The van der Waals surface area contributed by atoms with Gasteiger partial charge in [-0.25, -0.2) is 14.4 Å². The number of nitrogens with one attached hydrogen (secondary N) is 1. The number of aromatic nitrogens is 2. The summed E-state index contributed by atoms with van der Waals surface area (Å²) in [6.45, 7) is 2.16. The lowest BCUT2D eigenvalue weighted by Gasteiger charge is -2.13. The summed E-state index contributed by atoms with van der Waals surface area (Å²) in [6.07, 6.45) is 4.98. The van der Waals surface area contributed by atoms with Gasteiger partial charge in [0.1, 0.15) is 5.82 Å². The molecule has 1 heterocycles. The van der Waals surface area contributed by atoms with Crippen LogP contribution in [0.4, 0.5) is 10.3 Å². The summed E-state index contributed by atoms with van der Waals surface area (Å²) in [5, 5.41) is 4.49. The van der Waals surface area contributed by atoms with Gasteiger partial charge < -0.3 is 5.32 Å². The average molecular weight is 309 g/mol. The fourth-order valence-electron chi connectivity index (χ4n) is 2.78. The van der Waals surface area contributed by atoms with Crippen LogP contribution in [0.5, 0.6) is 0 Å². The molecule has 0 saturated heterocycles. The van der Waals surface area contributed by atoms with Crippen LogP contribution < -0.4 is 5.32 Å². The van der Waals surface area contributed by atoms with Gasteiger partial charge in [0, 0.05) is 24.2 Å². The maximum Gasteiger partial charge on any atom is 0.222 e. The number of hydrogen-bond acceptors (Lipinski definition) is 3. The van der Waals surface area contributed by atoms with Crippen molar-refractivity contribution in [3.63, 3.8) is 0 Å². The molecule has 2 aromatic carbocycles. The standard InChI is InChI=1S/C19H20FN3/c1-3-4-7-13-12-22-19(21-2)23-18(13)16-10-11-17(20)15-9-6-5-8-14(15)16/h5-6,8-12H,3-4,7H2,1-2H3,(H,21,22,23). The zero-order valence-electron chi connectivity index (χ0n) is 13.4. The molecule has 0 spiro atoms. The van der Waals surface area contributed by atoms with Gasteiger partial charge in [0.2, 0.25) is 5.95 Å². The lowest BCUT2D eigenvalue weighted by atomic mass is 9.97. The van der Waals surface area contributed by atoms with Gasteiger partial charge in [-0.3, -0.25) is 0 Å². The van der Waals surface area contributed by atoms with Crippen molar-refractivity contribution in [2.75, 3.05) is 12.4 Å². The summed E-state index contributed by atoms with van der Waals surface area (Å²) in [7, 11) is 1.80. The number of halogens is 1. The SMILES string of the molecule is CCCCc1cnc(NC)nc1-c1ccc(F)c2ccccc12. The third-order valence-electron chi connectivity index (χ3n) is 4.01. The number of aryl methyl sites for hydroxylation is 1. The molecule has 0 radical (unpaired) electrons. The normalized spacial score (nSPS) is 10.9. The van der Waals surface area contributed by atoms with Crippen molar-refractivity contribution in [2.24, 2.45) is 0 Å². The molecule has 1 aromatic heterocycles. The van der Waals surface area contributed by atoms with E-state index in [4.69, 9.17) is 0 Å². The Morgan fingerprint density at radius 1 is 1.09 bits per heavy atom. The molecular weight excluding hydrogens is 289 g/mol. The first-order chi connectivity index (χ1) is 11.2. The van der Waals surface area contributed by atoms with Crippen molar-refractivity contribution >= 4 is 16.7 Å². The Kier molecular flexibility index (Phi) is 4.51.